The Balaban J connectivity index is 2.42. The van der Waals surface area contributed by atoms with Gasteiger partial charge in [0.05, 0.1) is 0 Å². The van der Waals surface area contributed by atoms with Crippen LogP contribution >= 0.6 is 0 Å². The first-order chi connectivity index (χ1) is 9.32. The van der Waals surface area contributed by atoms with Crippen LogP contribution in [0.2, 0.25) is 0 Å². The van der Waals surface area contributed by atoms with Gasteiger partial charge in [0.2, 0.25) is 5.78 Å². The quantitative estimate of drug-likeness (QED) is 0.866. The van der Waals surface area contributed by atoms with Crippen LogP contribution in [0.15, 0.2) is 24.3 Å². The van der Waals surface area contributed by atoms with Gasteiger partial charge >= 0.3 is 6.18 Å². The zero-order valence-corrected chi connectivity index (χ0v) is 10.8. The van der Waals surface area contributed by atoms with E-state index in [1.54, 1.807) is 24.3 Å². The predicted octanol–water partition coefficient (Wildman–Crippen LogP) is 2.21. The van der Waals surface area contributed by atoms with Gasteiger partial charge in [0.15, 0.2) is 0 Å². The number of carbonyl (C=O) groups excluding carboxylic acids is 2. The number of carbonyl (C=O) groups is 2. The number of rotatable bonds is 3. The normalized spacial score (nSPS) is 20.1. The van der Waals surface area contributed by atoms with E-state index in [-0.39, 0.29) is 0 Å². The zero-order chi connectivity index (χ0) is 14.9. The average Bonchev–Trinajstić information content (AvgIpc) is 2.37. The molecule has 1 aliphatic heterocycles. The Kier molecular flexibility index (Phi) is 3.94. The molecule has 0 radical (unpaired) electrons. The molecule has 2 atom stereocenters. The van der Waals surface area contributed by atoms with Gasteiger partial charge in [-0.1, -0.05) is 24.3 Å². The fraction of sp³-hybridized carbons (Fsp3) is 0.429. The number of Topliss-reactive ketones (excluding diaryl/α,β-unsaturated/α-hetero) is 2. The lowest BCUT2D eigenvalue weighted by Gasteiger charge is -2.31. The van der Waals surface area contributed by atoms with E-state index in [4.69, 9.17) is 0 Å². The molecule has 0 saturated heterocycles. The molecule has 1 heterocycles. The zero-order valence-electron chi connectivity index (χ0n) is 10.8. The van der Waals surface area contributed by atoms with Crippen molar-refractivity contribution in [3.63, 3.8) is 0 Å². The van der Waals surface area contributed by atoms with Crippen LogP contribution in [0.4, 0.5) is 13.2 Å². The molecule has 0 saturated carbocycles. The number of benzene rings is 1. The number of hydrogen-bond acceptors (Lipinski definition) is 3. The second-order valence-corrected chi connectivity index (χ2v) is 4.83. The maximum absolute atomic E-state index is 12.7. The second kappa shape index (κ2) is 5.36. The van der Waals surface area contributed by atoms with Crippen LogP contribution in [-0.2, 0) is 16.0 Å². The summed E-state index contributed by atoms with van der Waals surface area (Å²) in [6.45, 7) is 1.46. The molecule has 0 amide bonds. The van der Waals surface area contributed by atoms with E-state index in [1.807, 2.05) is 0 Å². The van der Waals surface area contributed by atoms with E-state index in [0.29, 0.717) is 18.5 Å². The van der Waals surface area contributed by atoms with Crippen LogP contribution in [0.3, 0.4) is 0 Å². The molecule has 0 spiro atoms. The van der Waals surface area contributed by atoms with E-state index >= 15 is 0 Å². The summed E-state index contributed by atoms with van der Waals surface area (Å²) in [6, 6.07) is 6.03. The molecular formula is C14H14F3NO2. The average molecular weight is 285 g/mol. The SMILES string of the molecule is CC(=O)[C@@H](C(=O)C(F)(F)F)[C@H]1NCCc2ccccc21. The summed E-state index contributed by atoms with van der Waals surface area (Å²) >= 11 is 0. The van der Waals surface area contributed by atoms with Crippen LogP contribution in [0.25, 0.3) is 0 Å². The lowest BCUT2D eigenvalue weighted by Crippen LogP contribution is -2.45. The summed E-state index contributed by atoms with van der Waals surface area (Å²) in [7, 11) is 0. The van der Waals surface area contributed by atoms with Crippen molar-refractivity contribution in [2.24, 2.45) is 5.92 Å². The van der Waals surface area contributed by atoms with Crippen molar-refractivity contribution < 1.29 is 22.8 Å². The molecule has 0 aromatic heterocycles. The van der Waals surface area contributed by atoms with E-state index in [9.17, 15) is 22.8 Å². The predicted molar refractivity (Wildman–Crippen MR) is 66.1 cm³/mol. The van der Waals surface area contributed by atoms with E-state index in [0.717, 1.165) is 12.5 Å². The number of halogens is 3. The maximum Gasteiger partial charge on any atom is 0.450 e. The molecule has 1 aromatic rings. The Bertz CT molecular complexity index is 539. The summed E-state index contributed by atoms with van der Waals surface area (Å²) in [6.07, 6.45) is -4.35. The Morgan fingerprint density at radius 3 is 2.55 bits per heavy atom. The Hall–Kier alpha value is -1.69. The summed E-state index contributed by atoms with van der Waals surface area (Å²) < 4.78 is 38.0. The topological polar surface area (TPSA) is 46.2 Å². The van der Waals surface area contributed by atoms with Crippen molar-refractivity contribution in [1.29, 1.82) is 0 Å². The second-order valence-electron chi connectivity index (χ2n) is 4.83. The highest BCUT2D eigenvalue weighted by Gasteiger charge is 2.49. The Labute approximate surface area is 114 Å². The fourth-order valence-electron chi connectivity index (χ4n) is 2.58. The van der Waals surface area contributed by atoms with Crippen molar-refractivity contribution in [3.8, 4) is 0 Å². The molecule has 0 unspecified atom stereocenters. The molecule has 1 N–H and O–H groups in total. The molecule has 108 valence electrons. The Morgan fingerprint density at radius 1 is 1.30 bits per heavy atom. The third-order valence-corrected chi connectivity index (χ3v) is 3.48. The molecule has 3 nitrogen and oxygen atoms in total. The standard InChI is InChI=1S/C14H14F3NO2/c1-8(19)11(13(20)14(15,16)17)12-10-5-3-2-4-9(10)6-7-18-12/h2-5,11-12,18H,6-7H2,1H3/t11-,12+/m1/s1. The minimum Gasteiger partial charge on any atom is -0.309 e. The van der Waals surface area contributed by atoms with Crippen LogP contribution < -0.4 is 5.32 Å². The van der Waals surface area contributed by atoms with Gasteiger partial charge in [-0.3, -0.25) is 9.59 Å². The van der Waals surface area contributed by atoms with E-state index in [1.165, 1.54) is 0 Å². The van der Waals surface area contributed by atoms with Gasteiger partial charge < -0.3 is 5.32 Å². The molecule has 1 aliphatic rings. The summed E-state index contributed by atoms with van der Waals surface area (Å²) in [5.41, 5.74) is 1.47. The number of hydrogen-bond donors (Lipinski definition) is 1. The van der Waals surface area contributed by atoms with Gasteiger partial charge in [-0.05, 0) is 31.0 Å². The summed E-state index contributed by atoms with van der Waals surface area (Å²) in [4.78, 5) is 23.1. The number of fused-ring (bicyclic) bond motifs is 1. The van der Waals surface area contributed by atoms with E-state index in [2.05, 4.69) is 5.32 Å². The lowest BCUT2D eigenvalue weighted by atomic mass is 9.82. The highest BCUT2D eigenvalue weighted by molar-refractivity contribution is 6.04. The van der Waals surface area contributed by atoms with Gasteiger partial charge in [-0.15, -0.1) is 0 Å². The number of alkyl halides is 3. The lowest BCUT2D eigenvalue weighted by molar-refractivity contribution is -0.177. The first-order valence-electron chi connectivity index (χ1n) is 6.25. The van der Waals surface area contributed by atoms with Crippen molar-refractivity contribution in [2.75, 3.05) is 6.54 Å². The summed E-state index contributed by atoms with van der Waals surface area (Å²) in [5.74, 6) is -4.49. The monoisotopic (exact) mass is 285 g/mol. The van der Waals surface area contributed by atoms with Crippen molar-refractivity contribution in [2.45, 2.75) is 25.6 Å². The smallest absolute Gasteiger partial charge is 0.309 e. The molecule has 6 heteroatoms. The third-order valence-electron chi connectivity index (χ3n) is 3.48. The Morgan fingerprint density at radius 2 is 1.95 bits per heavy atom. The fourth-order valence-corrected chi connectivity index (χ4v) is 2.58. The number of ketones is 2. The molecule has 0 fully saturated rings. The third kappa shape index (κ3) is 2.75. The van der Waals surface area contributed by atoms with Crippen LogP contribution in [0, 0.1) is 5.92 Å². The van der Waals surface area contributed by atoms with E-state index < -0.39 is 29.7 Å². The minimum absolute atomic E-state index is 0.441. The first-order valence-corrected chi connectivity index (χ1v) is 6.25. The van der Waals surface area contributed by atoms with Gasteiger partial charge in [0.1, 0.15) is 11.7 Å². The number of nitrogens with one attached hydrogen (secondary N) is 1. The molecule has 20 heavy (non-hydrogen) atoms. The summed E-state index contributed by atoms with van der Waals surface area (Å²) in [5, 5.41) is 2.87. The largest absolute Gasteiger partial charge is 0.450 e. The molecule has 2 rings (SSSR count). The van der Waals surface area contributed by atoms with Crippen molar-refractivity contribution in [1.82, 2.24) is 5.32 Å². The molecule has 0 bridgehead atoms. The maximum atomic E-state index is 12.7. The highest BCUT2D eigenvalue weighted by Crippen LogP contribution is 2.34. The molecular weight excluding hydrogens is 271 g/mol. The van der Waals surface area contributed by atoms with Gasteiger partial charge in [-0.2, -0.15) is 13.2 Å². The first kappa shape index (κ1) is 14.7. The van der Waals surface area contributed by atoms with Crippen LogP contribution in [-0.4, -0.2) is 24.3 Å². The molecule has 0 aliphatic carbocycles. The van der Waals surface area contributed by atoms with Gasteiger partial charge in [0.25, 0.3) is 0 Å². The molecule has 1 aromatic carbocycles. The van der Waals surface area contributed by atoms with Gasteiger partial charge in [0, 0.05) is 6.04 Å². The van der Waals surface area contributed by atoms with Crippen LogP contribution in [0.5, 0.6) is 0 Å². The van der Waals surface area contributed by atoms with Crippen molar-refractivity contribution in [3.05, 3.63) is 35.4 Å². The van der Waals surface area contributed by atoms with Gasteiger partial charge in [-0.25, -0.2) is 0 Å². The van der Waals surface area contributed by atoms with Crippen LogP contribution in [0.1, 0.15) is 24.1 Å². The minimum atomic E-state index is -5.01. The highest BCUT2D eigenvalue weighted by atomic mass is 19.4. The van der Waals surface area contributed by atoms with Crippen molar-refractivity contribution >= 4 is 11.6 Å².